The molecule has 4 aromatic rings. The van der Waals surface area contributed by atoms with E-state index in [2.05, 4.69) is 52.8 Å². The maximum Gasteiger partial charge on any atom is 0.222 e. The number of nitrogens with zero attached hydrogens (tertiary/aromatic N) is 1. The monoisotopic (exact) mass is 383 g/mol. The Morgan fingerprint density at radius 1 is 0.897 bits per heavy atom. The van der Waals surface area contributed by atoms with Crippen LogP contribution < -0.4 is 5.32 Å². The number of para-hydroxylation sites is 2. The first-order chi connectivity index (χ1) is 14.1. The quantitative estimate of drug-likeness (QED) is 0.455. The molecule has 0 aliphatic rings. The van der Waals surface area contributed by atoms with Crippen molar-refractivity contribution in [2.75, 3.05) is 19.4 Å². The molecule has 0 bridgehead atoms. The third-order valence-corrected chi connectivity index (χ3v) is 5.19. The van der Waals surface area contributed by atoms with Gasteiger partial charge in [-0.05, 0) is 47.2 Å². The summed E-state index contributed by atoms with van der Waals surface area (Å²) in [5.74, 6) is 0.128. The van der Waals surface area contributed by atoms with E-state index in [9.17, 15) is 4.79 Å². The van der Waals surface area contributed by atoms with E-state index in [-0.39, 0.29) is 5.91 Å². The van der Waals surface area contributed by atoms with Gasteiger partial charge < -0.3 is 15.2 Å². The number of rotatable bonds is 6. The van der Waals surface area contributed by atoms with Gasteiger partial charge in [-0.3, -0.25) is 4.79 Å². The van der Waals surface area contributed by atoms with Gasteiger partial charge in [0.1, 0.15) is 0 Å². The molecular weight excluding hydrogens is 358 g/mol. The first-order valence-corrected chi connectivity index (χ1v) is 9.84. The van der Waals surface area contributed by atoms with Gasteiger partial charge in [0.2, 0.25) is 5.91 Å². The van der Waals surface area contributed by atoms with E-state index >= 15 is 0 Å². The molecule has 0 radical (unpaired) electrons. The van der Waals surface area contributed by atoms with Crippen LogP contribution in [0.3, 0.4) is 0 Å². The van der Waals surface area contributed by atoms with Gasteiger partial charge in [-0.25, -0.2) is 0 Å². The lowest BCUT2D eigenvalue weighted by Crippen LogP contribution is -2.22. The van der Waals surface area contributed by atoms with E-state index in [0.29, 0.717) is 12.8 Å². The number of aromatic amines is 1. The Labute approximate surface area is 171 Å². The molecule has 0 aliphatic heterocycles. The number of carbonyl (C=O) groups excluding carboxylic acids is 1. The first-order valence-electron chi connectivity index (χ1n) is 9.84. The molecule has 0 fully saturated rings. The van der Waals surface area contributed by atoms with Crippen LogP contribution in [0.1, 0.15) is 12.0 Å². The SMILES string of the molecule is CN(C)C(=O)CCc1c(Nc2ccccc2)cccc1-c1cccc2cc[nH]c12. The summed E-state index contributed by atoms with van der Waals surface area (Å²) in [4.78, 5) is 17.3. The lowest BCUT2D eigenvalue weighted by Gasteiger charge is -2.18. The van der Waals surface area contributed by atoms with Crippen molar-refractivity contribution in [3.8, 4) is 11.1 Å². The fourth-order valence-corrected chi connectivity index (χ4v) is 3.67. The van der Waals surface area contributed by atoms with Crippen LogP contribution in [0.2, 0.25) is 0 Å². The highest BCUT2D eigenvalue weighted by atomic mass is 16.2. The summed E-state index contributed by atoms with van der Waals surface area (Å²) < 4.78 is 0. The zero-order valence-corrected chi connectivity index (χ0v) is 16.8. The number of H-pyrrole nitrogens is 1. The summed E-state index contributed by atoms with van der Waals surface area (Å²) >= 11 is 0. The fraction of sp³-hybridized carbons (Fsp3) is 0.160. The molecule has 4 rings (SSSR count). The molecule has 1 heterocycles. The van der Waals surface area contributed by atoms with Gasteiger partial charge in [-0.15, -0.1) is 0 Å². The number of benzene rings is 3. The first kappa shape index (κ1) is 18.8. The van der Waals surface area contributed by atoms with Crippen LogP contribution in [0, 0.1) is 0 Å². The second-order valence-electron chi connectivity index (χ2n) is 7.36. The normalized spacial score (nSPS) is 10.8. The van der Waals surface area contributed by atoms with Crippen LogP contribution in [-0.2, 0) is 11.2 Å². The number of carbonyl (C=O) groups is 1. The average molecular weight is 383 g/mol. The lowest BCUT2D eigenvalue weighted by atomic mass is 9.93. The molecule has 0 spiro atoms. The molecule has 29 heavy (non-hydrogen) atoms. The molecule has 0 saturated heterocycles. The predicted octanol–water partition coefficient (Wildman–Crippen LogP) is 5.60. The highest BCUT2D eigenvalue weighted by molar-refractivity contribution is 5.96. The molecule has 146 valence electrons. The fourth-order valence-electron chi connectivity index (χ4n) is 3.67. The van der Waals surface area contributed by atoms with Crippen molar-refractivity contribution in [2.24, 2.45) is 0 Å². The molecule has 4 nitrogen and oxygen atoms in total. The number of fused-ring (bicyclic) bond motifs is 1. The number of anilines is 2. The molecule has 1 aromatic heterocycles. The number of hydrogen-bond acceptors (Lipinski definition) is 2. The van der Waals surface area contributed by atoms with Gasteiger partial charge in [-0.2, -0.15) is 0 Å². The topological polar surface area (TPSA) is 48.1 Å². The van der Waals surface area contributed by atoms with Gasteiger partial charge in [0.15, 0.2) is 0 Å². The van der Waals surface area contributed by atoms with E-state index in [1.807, 2.05) is 36.5 Å². The molecule has 0 unspecified atom stereocenters. The predicted molar refractivity (Wildman–Crippen MR) is 120 cm³/mol. The van der Waals surface area contributed by atoms with Crippen molar-refractivity contribution in [1.29, 1.82) is 0 Å². The van der Waals surface area contributed by atoms with Crippen LogP contribution in [0.5, 0.6) is 0 Å². The average Bonchev–Trinajstić information content (AvgIpc) is 3.22. The van der Waals surface area contributed by atoms with Crippen LogP contribution in [-0.4, -0.2) is 29.9 Å². The number of nitrogens with one attached hydrogen (secondary N) is 2. The largest absolute Gasteiger partial charge is 0.361 e. The number of hydrogen-bond donors (Lipinski definition) is 2. The van der Waals surface area contributed by atoms with Gasteiger partial charge in [0.05, 0.1) is 5.52 Å². The Hall–Kier alpha value is -3.53. The minimum Gasteiger partial charge on any atom is -0.361 e. The third-order valence-electron chi connectivity index (χ3n) is 5.19. The minimum atomic E-state index is 0.128. The molecule has 3 aromatic carbocycles. The van der Waals surface area contributed by atoms with Crippen molar-refractivity contribution in [2.45, 2.75) is 12.8 Å². The molecule has 2 N–H and O–H groups in total. The van der Waals surface area contributed by atoms with Crippen LogP contribution in [0.4, 0.5) is 11.4 Å². The number of amides is 1. The minimum absolute atomic E-state index is 0.128. The summed E-state index contributed by atoms with van der Waals surface area (Å²) in [7, 11) is 3.61. The third kappa shape index (κ3) is 4.02. The molecule has 0 atom stereocenters. The number of aromatic nitrogens is 1. The van der Waals surface area contributed by atoms with E-state index in [0.717, 1.165) is 33.6 Å². The smallest absolute Gasteiger partial charge is 0.222 e. The maximum atomic E-state index is 12.3. The Kier molecular flexibility index (Phi) is 5.34. The summed E-state index contributed by atoms with van der Waals surface area (Å²) in [6.45, 7) is 0. The Bertz CT molecular complexity index is 1130. The summed E-state index contributed by atoms with van der Waals surface area (Å²) in [5.41, 5.74) is 6.62. The van der Waals surface area contributed by atoms with Gasteiger partial charge in [0, 0.05) is 43.7 Å². The van der Waals surface area contributed by atoms with Gasteiger partial charge >= 0.3 is 0 Å². The summed E-state index contributed by atoms with van der Waals surface area (Å²) in [5, 5.41) is 4.72. The molecule has 0 aliphatic carbocycles. The van der Waals surface area contributed by atoms with Gasteiger partial charge in [0.25, 0.3) is 0 Å². The van der Waals surface area contributed by atoms with Crippen LogP contribution in [0.25, 0.3) is 22.0 Å². The van der Waals surface area contributed by atoms with Gasteiger partial charge in [-0.1, -0.05) is 48.5 Å². The Morgan fingerprint density at radius 3 is 2.45 bits per heavy atom. The highest BCUT2D eigenvalue weighted by Gasteiger charge is 2.15. The second kappa shape index (κ2) is 8.23. The van der Waals surface area contributed by atoms with Crippen LogP contribution >= 0.6 is 0 Å². The lowest BCUT2D eigenvalue weighted by molar-refractivity contribution is -0.128. The van der Waals surface area contributed by atoms with Crippen molar-refractivity contribution in [1.82, 2.24) is 9.88 Å². The highest BCUT2D eigenvalue weighted by Crippen LogP contribution is 2.35. The van der Waals surface area contributed by atoms with E-state index in [1.54, 1.807) is 19.0 Å². The molecular formula is C25H25N3O. The van der Waals surface area contributed by atoms with E-state index in [4.69, 9.17) is 0 Å². The maximum absolute atomic E-state index is 12.3. The summed E-state index contributed by atoms with van der Waals surface area (Å²) in [6.07, 6.45) is 3.10. The zero-order chi connectivity index (χ0) is 20.2. The molecule has 1 amide bonds. The van der Waals surface area contributed by atoms with Crippen molar-refractivity contribution >= 4 is 28.2 Å². The van der Waals surface area contributed by atoms with E-state index < -0.39 is 0 Å². The molecule has 4 heteroatoms. The van der Waals surface area contributed by atoms with Crippen molar-refractivity contribution in [3.05, 3.63) is 84.6 Å². The van der Waals surface area contributed by atoms with Crippen molar-refractivity contribution < 1.29 is 4.79 Å². The van der Waals surface area contributed by atoms with E-state index in [1.165, 1.54) is 5.39 Å². The molecule has 0 saturated carbocycles. The standard InChI is InChI=1S/C25H25N3O/c1-28(2)24(29)15-14-21-20(22-12-6-8-18-16-17-26-25(18)22)11-7-13-23(21)27-19-9-4-3-5-10-19/h3-13,16-17,26-27H,14-15H2,1-2H3. The van der Waals surface area contributed by atoms with Crippen molar-refractivity contribution in [3.63, 3.8) is 0 Å². The Balaban J connectivity index is 1.80. The Morgan fingerprint density at radius 2 is 1.66 bits per heavy atom. The zero-order valence-electron chi connectivity index (χ0n) is 16.8. The summed E-state index contributed by atoms with van der Waals surface area (Å²) in [6, 6.07) is 24.8. The van der Waals surface area contributed by atoms with Crippen LogP contribution in [0.15, 0.2) is 79.0 Å². The second-order valence-corrected chi connectivity index (χ2v) is 7.36.